The molecular weight excluding hydrogens is 486 g/mol. The molecule has 4 heterocycles. The molecule has 0 aliphatic carbocycles. The number of aromatic nitrogens is 3. The number of anilines is 1. The van der Waals surface area contributed by atoms with Gasteiger partial charge < -0.3 is 14.2 Å². The number of aryl methyl sites for hydroxylation is 1. The molecule has 0 bridgehead atoms. The minimum Gasteiger partial charge on any atom is -0.449 e. The lowest BCUT2D eigenvalue weighted by Crippen LogP contribution is -2.61. The molecule has 1 amide bonds. The molecule has 0 N–H and O–H groups in total. The smallest absolute Gasteiger partial charge is 0.290 e. The van der Waals surface area contributed by atoms with E-state index in [1.54, 1.807) is 12.4 Å². The Labute approximate surface area is 222 Å². The first-order valence-corrected chi connectivity index (χ1v) is 12.9. The Bertz CT molecular complexity index is 1470. The predicted octanol–water partition coefficient (Wildman–Crippen LogP) is 6.29. The van der Waals surface area contributed by atoms with Crippen LogP contribution in [0.5, 0.6) is 0 Å². The van der Waals surface area contributed by atoms with Crippen LogP contribution < -0.4 is 4.90 Å². The Morgan fingerprint density at radius 1 is 1.05 bits per heavy atom. The number of carbonyl (C=O) groups excluding carboxylic acids is 1. The highest BCUT2D eigenvalue weighted by Crippen LogP contribution is 2.36. The molecule has 0 saturated carbocycles. The summed E-state index contributed by atoms with van der Waals surface area (Å²) in [5.41, 5.74) is 4.40. The number of carbonyl (C=O) groups is 1. The second kappa shape index (κ2) is 9.14. The summed E-state index contributed by atoms with van der Waals surface area (Å²) in [5, 5.41) is 0.676. The molecular formula is C29H32ClN5O2. The van der Waals surface area contributed by atoms with E-state index in [0.29, 0.717) is 41.5 Å². The lowest BCUT2D eigenvalue weighted by molar-refractivity contribution is 0.0483. The number of halogens is 1. The molecule has 4 aromatic rings. The highest BCUT2D eigenvalue weighted by atomic mass is 35.5. The summed E-state index contributed by atoms with van der Waals surface area (Å²) in [6, 6.07) is 13.4. The zero-order valence-electron chi connectivity index (χ0n) is 22.2. The molecule has 3 aromatic heterocycles. The summed E-state index contributed by atoms with van der Waals surface area (Å²) in [4.78, 5) is 31.4. The fourth-order valence-electron chi connectivity index (χ4n) is 4.93. The first-order valence-electron chi connectivity index (χ1n) is 12.5. The molecule has 0 unspecified atom stereocenters. The number of hydrogen-bond donors (Lipinski definition) is 0. The highest BCUT2D eigenvalue weighted by Gasteiger charge is 2.39. The van der Waals surface area contributed by atoms with Crippen LogP contribution in [0, 0.1) is 6.92 Å². The van der Waals surface area contributed by atoms with Gasteiger partial charge >= 0.3 is 0 Å². The second-order valence-corrected chi connectivity index (χ2v) is 11.8. The average molecular weight is 518 g/mol. The van der Waals surface area contributed by atoms with Crippen LogP contribution in [0.2, 0.25) is 5.02 Å². The molecule has 192 valence electrons. The Morgan fingerprint density at radius 3 is 2.43 bits per heavy atom. The monoisotopic (exact) mass is 517 g/mol. The van der Waals surface area contributed by atoms with E-state index in [4.69, 9.17) is 21.0 Å². The molecule has 0 spiro atoms. The van der Waals surface area contributed by atoms with Crippen LogP contribution in [0.3, 0.4) is 0 Å². The number of nitrogens with zero attached hydrogens (tertiary/aromatic N) is 5. The predicted molar refractivity (Wildman–Crippen MR) is 147 cm³/mol. The lowest BCUT2D eigenvalue weighted by Gasteiger charge is -2.47. The zero-order valence-corrected chi connectivity index (χ0v) is 22.9. The number of rotatable bonds is 3. The number of furan rings is 1. The van der Waals surface area contributed by atoms with Gasteiger partial charge in [0.2, 0.25) is 0 Å². The Kier molecular flexibility index (Phi) is 6.23. The van der Waals surface area contributed by atoms with Gasteiger partial charge in [0.15, 0.2) is 11.3 Å². The van der Waals surface area contributed by atoms with Crippen molar-refractivity contribution in [2.24, 2.45) is 0 Å². The van der Waals surface area contributed by atoms with Crippen molar-refractivity contribution in [1.82, 2.24) is 19.9 Å². The lowest BCUT2D eigenvalue weighted by atomic mass is 9.86. The van der Waals surface area contributed by atoms with Crippen molar-refractivity contribution in [1.29, 1.82) is 0 Å². The van der Waals surface area contributed by atoms with E-state index in [1.807, 2.05) is 42.2 Å². The van der Waals surface area contributed by atoms with Crippen LogP contribution in [0.25, 0.3) is 22.4 Å². The molecule has 0 radical (unpaired) electrons. The van der Waals surface area contributed by atoms with Crippen molar-refractivity contribution in [2.45, 2.75) is 52.5 Å². The summed E-state index contributed by atoms with van der Waals surface area (Å²) < 4.78 is 6.26. The first kappa shape index (κ1) is 25.2. The second-order valence-electron chi connectivity index (χ2n) is 11.3. The van der Waals surface area contributed by atoms with Crippen molar-refractivity contribution in [3.8, 4) is 11.3 Å². The van der Waals surface area contributed by atoms with Crippen LogP contribution in [-0.4, -0.2) is 50.9 Å². The van der Waals surface area contributed by atoms with E-state index in [0.717, 1.165) is 28.3 Å². The molecule has 1 saturated heterocycles. The van der Waals surface area contributed by atoms with E-state index in [-0.39, 0.29) is 11.3 Å². The third kappa shape index (κ3) is 4.92. The maximum atomic E-state index is 13.8. The van der Waals surface area contributed by atoms with E-state index in [9.17, 15) is 4.79 Å². The van der Waals surface area contributed by atoms with Crippen molar-refractivity contribution >= 4 is 34.4 Å². The highest BCUT2D eigenvalue weighted by molar-refractivity contribution is 6.30. The Hall–Kier alpha value is -3.45. The van der Waals surface area contributed by atoms with Gasteiger partial charge in [-0.05, 0) is 44.4 Å². The van der Waals surface area contributed by atoms with Gasteiger partial charge in [0.1, 0.15) is 17.7 Å². The van der Waals surface area contributed by atoms with E-state index >= 15 is 0 Å². The molecule has 1 aliphatic heterocycles. The quantitative estimate of drug-likeness (QED) is 0.318. The number of piperazine rings is 1. The maximum Gasteiger partial charge on any atom is 0.290 e. The molecule has 1 aliphatic rings. The molecule has 1 aromatic carbocycles. The van der Waals surface area contributed by atoms with E-state index in [2.05, 4.69) is 55.6 Å². The number of fused-ring (bicyclic) bond motifs is 1. The minimum atomic E-state index is -0.429. The van der Waals surface area contributed by atoms with Crippen LogP contribution in [-0.2, 0) is 5.41 Å². The number of amides is 1. The van der Waals surface area contributed by atoms with Gasteiger partial charge in [-0.25, -0.2) is 15.0 Å². The third-order valence-corrected chi connectivity index (χ3v) is 7.15. The first-order chi connectivity index (χ1) is 17.4. The number of pyridine rings is 1. The molecule has 5 rings (SSSR count). The molecule has 1 fully saturated rings. The van der Waals surface area contributed by atoms with Gasteiger partial charge in [0, 0.05) is 53.6 Å². The van der Waals surface area contributed by atoms with Crippen molar-refractivity contribution in [3.63, 3.8) is 0 Å². The minimum absolute atomic E-state index is 0.130. The van der Waals surface area contributed by atoms with Gasteiger partial charge in [-0.3, -0.25) is 4.79 Å². The fraction of sp³-hybridized carbons (Fsp3) is 0.379. The van der Waals surface area contributed by atoms with Crippen LogP contribution in [0.1, 0.15) is 56.4 Å². The summed E-state index contributed by atoms with van der Waals surface area (Å²) in [6.07, 6.45) is 1.59. The van der Waals surface area contributed by atoms with Gasteiger partial charge in [-0.2, -0.15) is 0 Å². The third-order valence-electron chi connectivity index (χ3n) is 6.90. The number of hydrogen-bond acceptors (Lipinski definition) is 6. The average Bonchev–Trinajstić information content (AvgIpc) is 3.26. The maximum absolute atomic E-state index is 13.8. The standard InChI is InChI=1S/C29H32ClN5O2/c1-18-13-25(32-17-31-18)34-11-12-35(29(5,6)16-34)27(36)24-15-23-26(37-24)21(28(2,3)4)14-22(33-23)19-7-9-20(30)10-8-19/h7-10,13-15,17H,11-12,16H2,1-6H3. The summed E-state index contributed by atoms with van der Waals surface area (Å²) in [5.74, 6) is 1.06. The normalized spacial score (nSPS) is 15.9. The summed E-state index contributed by atoms with van der Waals surface area (Å²) >= 11 is 6.10. The topological polar surface area (TPSA) is 75.4 Å². The van der Waals surface area contributed by atoms with Crippen LogP contribution >= 0.6 is 11.6 Å². The van der Waals surface area contributed by atoms with Gasteiger partial charge in [-0.15, -0.1) is 0 Å². The summed E-state index contributed by atoms with van der Waals surface area (Å²) in [7, 11) is 0. The van der Waals surface area contributed by atoms with Crippen molar-refractivity contribution < 1.29 is 9.21 Å². The molecule has 0 atom stereocenters. The summed E-state index contributed by atoms with van der Waals surface area (Å²) in [6.45, 7) is 14.4. The largest absolute Gasteiger partial charge is 0.449 e. The fourth-order valence-corrected chi connectivity index (χ4v) is 5.05. The number of benzene rings is 1. The SMILES string of the molecule is Cc1cc(N2CCN(C(=O)c3cc4nc(-c5ccc(Cl)cc5)cc(C(C)(C)C)c4o3)C(C)(C)C2)ncn1. The van der Waals surface area contributed by atoms with Crippen molar-refractivity contribution in [3.05, 3.63) is 70.8 Å². The zero-order chi connectivity index (χ0) is 26.5. The molecule has 37 heavy (non-hydrogen) atoms. The van der Waals surface area contributed by atoms with E-state index in [1.165, 1.54) is 0 Å². The van der Waals surface area contributed by atoms with Crippen LogP contribution in [0.15, 0.2) is 53.2 Å². The van der Waals surface area contributed by atoms with Gasteiger partial charge in [0.05, 0.1) is 11.2 Å². The molecule has 8 heteroatoms. The molecule has 7 nitrogen and oxygen atoms in total. The van der Waals surface area contributed by atoms with Crippen molar-refractivity contribution in [2.75, 3.05) is 24.5 Å². The van der Waals surface area contributed by atoms with Gasteiger partial charge in [-0.1, -0.05) is 44.5 Å². The Balaban J connectivity index is 1.49. The van der Waals surface area contributed by atoms with Gasteiger partial charge in [0.25, 0.3) is 5.91 Å². The van der Waals surface area contributed by atoms with Crippen LogP contribution in [0.4, 0.5) is 5.82 Å². The Morgan fingerprint density at radius 2 is 1.78 bits per heavy atom. The van der Waals surface area contributed by atoms with E-state index < -0.39 is 5.54 Å².